The van der Waals surface area contributed by atoms with Crippen molar-refractivity contribution in [3.8, 4) is 11.5 Å². The molecule has 0 amide bonds. The maximum absolute atomic E-state index is 11.1. The third-order valence-corrected chi connectivity index (χ3v) is 10.8. The second kappa shape index (κ2) is 29.6. The summed E-state index contributed by atoms with van der Waals surface area (Å²) in [5.74, 6) is 1.87. The van der Waals surface area contributed by atoms with E-state index in [-0.39, 0.29) is 0 Å². The van der Waals surface area contributed by atoms with E-state index in [1.807, 2.05) is 24.3 Å². The fourth-order valence-corrected chi connectivity index (χ4v) is 7.16. The van der Waals surface area contributed by atoms with Crippen LogP contribution in [0.15, 0.2) is 91.0 Å². The number of hydrogen-bond donors (Lipinski definition) is 0. The number of unbranched alkanes of at least 4 members (excludes halogenated alkanes) is 18. The fraction of sp³-hybridized carbons (Fsp3) is 0.436. The Balaban J connectivity index is 1.28. The molecule has 4 aromatic rings. The van der Waals surface area contributed by atoms with Crippen LogP contribution in [-0.2, 0) is 0 Å². The van der Waals surface area contributed by atoms with Gasteiger partial charge in [0.1, 0.15) is 17.8 Å². The second-order valence-electron chi connectivity index (χ2n) is 15.9. The van der Waals surface area contributed by atoms with Gasteiger partial charge in [-0.15, -0.1) is 0 Å². The van der Waals surface area contributed by atoms with Crippen LogP contribution in [0.1, 0.15) is 186 Å². The Morgan fingerprint density at radius 2 is 0.586 bits per heavy atom. The molecule has 0 aromatic heterocycles. The third kappa shape index (κ3) is 20.2. The van der Waals surface area contributed by atoms with E-state index in [0.29, 0.717) is 5.56 Å². The van der Waals surface area contributed by atoms with Crippen molar-refractivity contribution in [2.24, 2.45) is 0 Å². The Morgan fingerprint density at radius 1 is 0.328 bits per heavy atom. The minimum Gasteiger partial charge on any atom is -0.494 e. The fourth-order valence-electron chi connectivity index (χ4n) is 7.16. The van der Waals surface area contributed by atoms with Gasteiger partial charge in [0, 0.05) is 5.56 Å². The lowest BCUT2D eigenvalue weighted by Gasteiger charge is -2.07. The minimum atomic E-state index is 0.680. The summed E-state index contributed by atoms with van der Waals surface area (Å²) in [4.78, 5) is 11.1. The first-order valence-electron chi connectivity index (χ1n) is 22.9. The zero-order valence-electron chi connectivity index (χ0n) is 36.0. The summed E-state index contributed by atoms with van der Waals surface area (Å²) in [6.45, 7) is 6.11. The van der Waals surface area contributed by atoms with Crippen LogP contribution in [0.25, 0.3) is 36.5 Å². The molecule has 0 saturated carbocycles. The van der Waals surface area contributed by atoms with E-state index in [0.717, 1.165) is 77.2 Å². The summed E-state index contributed by atoms with van der Waals surface area (Å²) in [6, 6.07) is 31.1. The van der Waals surface area contributed by atoms with E-state index < -0.39 is 0 Å². The number of ether oxygens (including phenoxy) is 2. The van der Waals surface area contributed by atoms with Gasteiger partial charge >= 0.3 is 0 Å². The first-order valence-corrected chi connectivity index (χ1v) is 22.9. The van der Waals surface area contributed by atoms with Crippen molar-refractivity contribution >= 4 is 42.7 Å². The summed E-state index contributed by atoms with van der Waals surface area (Å²) in [5, 5.41) is 0. The standard InChI is InChI=1S/C55H72O3/c1-3-5-7-9-11-13-15-17-19-21-41-57-54-37-33-48(34-38-54)26-31-52-43-51(30-25-47-23-28-50(46-56)29-24-47)44-53(45-52)32-27-49-35-39-55(40-36-49)58-42-22-20-18-16-14-12-10-8-6-4-2/h23-40,43-46H,3-22,41-42H2,1-2H3/b30-25+,31-26+,32-27+. The zero-order chi connectivity index (χ0) is 40.7. The van der Waals surface area contributed by atoms with Crippen LogP contribution in [0, 0.1) is 0 Å². The number of benzene rings is 4. The molecular formula is C55H72O3. The van der Waals surface area contributed by atoms with Gasteiger partial charge in [0.05, 0.1) is 13.2 Å². The molecule has 310 valence electrons. The highest BCUT2D eigenvalue weighted by atomic mass is 16.5. The highest BCUT2D eigenvalue weighted by Crippen LogP contribution is 2.22. The summed E-state index contributed by atoms with van der Waals surface area (Å²) in [5.41, 5.74) is 7.34. The predicted molar refractivity (Wildman–Crippen MR) is 253 cm³/mol. The molecular weight excluding hydrogens is 709 g/mol. The molecule has 3 heteroatoms. The van der Waals surface area contributed by atoms with Gasteiger partial charge in [-0.3, -0.25) is 4.79 Å². The molecule has 0 spiro atoms. The number of aldehydes is 1. The monoisotopic (exact) mass is 781 g/mol. The van der Waals surface area contributed by atoms with Gasteiger partial charge in [-0.25, -0.2) is 0 Å². The number of hydrogen-bond acceptors (Lipinski definition) is 3. The summed E-state index contributed by atoms with van der Waals surface area (Å²) in [7, 11) is 0. The topological polar surface area (TPSA) is 35.5 Å². The Kier molecular flexibility index (Phi) is 23.5. The van der Waals surface area contributed by atoms with Crippen molar-refractivity contribution < 1.29 is 14.3 Å². The Labute approximate surface area is 352 Å². The summed E-state index contributed by atoms with van der Waals surface area (Å²) < 4.78 is 12.1. The molecule has 3 nitrogen and oxygen atoms in total. The van der Waals surface area contributed by atoms with Crippen LogP contribution in [-0.4, -0.2) is 19.5 Å². The Bertz CT molecular complexity index is 1650. The number of rotatable bonds is 31. The quantitative estimate of drug-likeness (QED) is 0.0290. The van der Waals surface area contributed by atoms with Gasteiger partial charge in [0.15, 0.2) is 0 Å². The molecule has 0 aliphatic rings. The number of carbonyl (C=O) groups is 1. The molecule has 4 aromatic carbocycles. The van der Waals surface area contributed by atoms with E-state index in [2.05, 4.69) is 117 Å². The lowest BCUT2D eigenvalue weighted by Crippen LogP contribution is -1.97. The molecule has 0 radical (unpaired) electrons. The van der Waals surface area contributed by atoms with Crippen LogP contribution >= 0.6 is 0 Å². The van der Waals surface area contributed by atoms with Crippen molar-refractivity contribution in [3.63, 3.8) is 0 Å². The van der Waals surface area contributed by atoms with E-state index in [1.165, 1.54) is 116 Å². The lowest BCUT2D eigenvalue weighted by molar-refractivity contribution is 0.112. The van der Waals surface area contributed by atoms with Gasteiger partial charge in [-0.1, -0.05) is 214 Å². The lowest BCUT2D eigenvalue weighted by atomic mass is 10.0. The Morgan fingerprint density at radius 3 is 0.897 bits per heavy atom. The normalized spacial score (nSPS) is 11.6. The van der Waals surface area contributed by atoms with Crippen molar-refractivity contribution in [2.75, 3.05) is 13.2 Å². The molecule has 0 aliphatic carbocycles. The smallest absolute Gasteiger partial charge is 0.150 e. The van der Waals surface area contributed by atoms with Gasteiger partial charge in [0.25, 0.3) is 0 Å². The molecule has 0 unspecified atom stereocenters. The van der Waals surface area contributed by atoms with Gasteiger partial charge < -0.3 is 9.47 Å². The van der Waals surface area contributed by atoms with Gasteiger partial charge in [-0.2, -0.15) is 0 Å². The zero-order valence-corrected chi connectivity index (χ0v) is 36.0. The predicted octanol–water partition coefficient (Wildman–Crippen LogP) is 16.6. The maximum atomic E-state index is 11.1. The summed E-state index contributed by atoms with van der Waals surface area (Å²) in [6.07, 6.45) is 40.3. The highest BCUT2D eigenvalue weighted by Gasteiger charge is 2.01. The van der Waals surface area contributed by atoms with Gasteiger partial charge in [0.2, 0.25) is 0 Å². The molecule has 0 bridgehead atoms. The van der Waals surface area contributed by atoms with Crippen LogP contribution in [0.2, 0.25) is 0 Å². The third-order valence-electron chi connectivity index (χ3n) is 10.8. The average molecular weight is 781 g/mol. The first kappa shape index (κ1) is 46.1. The van der Waals surface area contributed by atoms with Crippen molar-refractivity contribution in [1.82, 2.24) is 0 Å². The molecule has 0 fully saturated rings. The number of carbonyl (C=O) groups excluding carboxylic acids is 1. The van der Waals surface area contributed by atoms with E-state index >= 15 is 0 Å². The van der Waals surface area contributed by atoms with Crippen molar-refractivity contribution in [3.05, 3.63) is 130 Å². The van der Waals surface area contributed by atoms with Crippen molar-refractivity contribution in [2.45, 2.75) is 142 Å². The first-order chi connectivity index (χ1) is 28.6. The van der Waals surface area contributed by atoms with Crippen LogP contribution in [0.5, 0.6) is 11.5 Å². The van der Waals surface area contributed by atoms with Gasteiger partial charge in [-0.05, 0) is 88.7 Å². The molecule has 4 rings (SSSR count). The SMILES string of the molecule is CCCCCCCCCCCCOc1ccc(/C=C/c2cc(/C=C/c3ccc(C=O)cc3)cc(/C=C/c3ccc(OCCCCCCCCCCCC)cc3)c2)cc1. The second-order valence-corrected chi connectivity index (χ2v) is 15.9. The molecule has 0 saturated heterocycles. The molecule has 0 heterocycles. The molecule has 0 aliphatic heterocycles. The van der Waals surface area contributed by atoms with Crippen LogP contribution in [0.3, 0.4) is 0 Å². The largest absolute Gasteiger partial charge is 0.494 e. The van der Waals surface area contributed by atoms with E-state index in [4.69, 9.17) is 9.47 Å². The summed E-state index contributed by atoms with van der Waals surface area (Å²) >= 11 is 0. The molecule has 58 heavy (non-hydrogen) atoms. The van der Waals surface area contributed by atoms with Crippen LogP contribution < -0.4 is 9.47 Å². The van der Waals surface area contributed by atoms with E-state index in [9.17, 15) is 4.79 Å². The molecule has 0 atom stereocenters. The minimum absolute atomic E-state index is 0.680. The van der Waals surface area contributed by atoms with E-state index in [1.54, 1.807) is 0 Å². The highest BCUT2D eigenvalue weighted by molar-refractivity contribution is 5.80. The van der Waals surface area contributed by atoms with Crippen LogP contribution in [0.4, 0.5) is 0 Å². The maximum Gasteiger partial charge on any atom is 0.150 e. The average Bonchev–Trinajstić information content (AvgIpc) is 3.26. The Hall–Kier alpha value is -4.63. The molecule has 0 N–H and O–H groups in total. The van der Waals surface area contributed by atoms with Crippen molar-refractivity contribution in [1.29, 1.82) is 0 Å².